The summed E-state index contributed by atoms with van der Waals surface area (Å²) in [5, 5.41) is 13.9. The molecule has 5 heteroatoms. The molecule has 0 atom stereocenters. The van der Waals surface area contributed by atoms with Crippen molar-refractivity contribution in [2.75, 3.05) is 0 Å². The standard InChI is InChI=1S/C20H21N3O2/c1-3-18-21-19(4-2)23(22-18)13-14-9-11-15(12-10-14)16-7-5-6-8-17(16)20(24)25/h5-12H,3-4,13H2,1-2H3,(H,24,25). The van der Waals surface area contributed by atoms with Crippen molar-refractivity contribution in [1.29, 1.82) is 0 Å². The van der Waals surface area contributed by atoms with E-state index < -0.39 is 5.97 Å². The van der Waals surface area contributed by atoms with Crippen LogP contribution in [0, 0.1) is 0 Å². The molecular formula is C20H21N3O2. The van der Waals surface area contributed by atoms with Crippen LogP contribution in [0.25, 0.3) is 11.1 Å². The van der Waals surface area contributed by atoms with Gasteiger partial charge in [-0.3, -0.25) is 0 Å². The zero-order valence-electron chi connectivity index (χ0n) is 14.4. The van der Waals surface area contributed by atoms with Crippen molar-refractivity contribution in [3.05, 3.63) is 71.3 Å². The molecule has 25 heavy (non-hydrogen) atoms. The molecule has 3 rings (SSSR count). The molecule has 0 aliphatic rings. The third kappa shape index (κ3) is 3.60. The van der Waals surface area contributed by atoms with E-state index in [9.17, 15) is 9.90 Å². The van der Waals surface area contributed by atoms with E-state index >= 15 is 0 Å². The van der Waals surface area contributed by atoms with Gasteiger partial charge in [-0.05, 0) is 22.8 Å². The number of hydrogen-bond acceptors (Lipinski definition) is 3. The lowest BCUT2D eigenvalue weighted by Crippen LogP contribution is -2.06. The van der Waals surface area contributed by atoms with Gasteiger partial charge >= 0.3 is 5.97 Å². The first-order chi connectivity index (χ1) is 12.1. The first-order valence-corrected chi connectivity index (χ1v) is 8.46. The van der Waals surface area contributed by atoms with Crippen molar-refractivity contribution >= 4 is 5.97 Å². The first kappa shape index (κ1) is 16.9. The lowest BCUT2D eigenvalue weighted by Gasteiger charge is -2.08. The number of carboxylic acid groups (broad SMARTS) is 1. The van der Waals surface area contributed by atoms with Gasteiger partial charge in [-0.1, -0.05) is 56.3 Å². The van der Waals surface area contributed by atoms with E-state index in [-0.39, 0.29) is 0 Å². The second-order valence-corrected chi connectivity index (χ2v) is 5.86. The number of hydrogen-bond donors (Lipinski definition) is 1. The van der Waals surface area contributed by atoms with E-state index in [1.54, 1.807) is 12.1 Å². The number of aryl methyl sites for hydroxylation is 2. The van der Waals surface area contributed by atoms with Crippen molar-refractivity contribution in [1.82, 2.24) is 14.8 Å². The Labute approximate surface area is 147 Å². The Kier molecular flexibility index (Phi) is 4.93. The van der Waals surface area contributed by atoms with Gasteiger partial charge in [0.25, 0.3) is 0 Å². The fourth-order valence-electron chi connectivity index (χ4n) is 2.85. The topological polar surface area (TPSA) is 68.0 Å². The van der Waals surface area contributed by atoms with Gasteiger partial charge in [0, 0.05) is 12.8 Å². The van der Waals surface area contributed by atoms with E-state index in [1.165, 1.54) is 0 Å². The van der Waals surface area contributed by atoms with E-state index in [1.807, 2.05) is 48.0 Å². The molecular weight excluding hydrogens is 314 g/mol. The fraction of sp³-hybridized carbons (Fsp3) is 0.250. The van der Waals surface area contributed by atoms with Crippen LogP contribution < -0.4 is 0 Å². The third-order valence-electron chi connectivity index (χ3n) is 4.18. The van der Waals surface area contributed by atoms with Crippen LogP contribution in [0.15, 0.2) is 48.5 Å². The summed E-state index contributed by atoms with van der Waals surface area (Å²) < 4.78 is 1.94. The highest BCUT2D eigenvalue weighted by molar-refractivity contribution is 5.95. The SMILES string of the molecule is CCc1nc(CC)n(Cc2ccc(-c3ccccc3C(=O)O)cc2)n1. The molecule has 5 nitrogen and oxygen atoms in total. The summed E-state index contributed by atoms with van der Waals surface area (Å²) in [4.78, 5) is 15.9. The summed E-state index contributed by atoms with van der Waals surface area (Å²) in [7, 11) is 0. The quantitative estimate of drug-likeness (QED) is 0.743. The number of rotatable bonds is 6. The van der Waals surface area contributed by atoms with Gasteiger partial charge in [0.1, 0.15) is 5.82 Å². The molecule has 1 heterocycles. The van der Waals surface area contributed by atoms with Crippen LogP contribution in [-0.2, 0) is 19.4 Å². The monoisotopic (exact) mass is 335 g/mol. The van der Waals surface area contributed by atoms with Crippen LogP contribution >= 0.6 is 0 Å². The third-order valence-corrected chi connectivity index (χ3v) is 4.18. The molecule has 2 aromatic carbocycles. The molecule has 0 bridgehead atoms. The first-order valence-electron chi connectivity index (χ1n) is 8.46. The van der Waals surface area contributed by atoms with Gasteiger partial charge in [0.2, 0.25) is 0 Å². The van der Waals surface area contributed by atoms with Gasteiger partial charge in [-0.15, -0.1) is 0 Å². The Morgan fingerprint density at radius 2 is 1.76 bits per heavy atom. The Morgan fingerprint density at radius 3 is 2.40 bits per heavy atom. The van der Waals surface area contributed by atoms with Gasteiger partial charge in [0.15, 0.2) is 5.82 Å². The van der Waals surface area contributed by atoms with Crippen molar-refractivity contribution in [2.45, 2.75) is 33.2 Å². The zero-order valence-corrected chi connectivity index (χ0v) is 14.4. The maximum Gasteiger partial charge on any atom is 0.336 e. The van der Waals surface area contributed by atoms with Crippen LogP contribution in [0.1, 0.15) is 41.4 Å². The minimum absolute atomic E-state index is 0.312. The highest BCUT2D eigenvalue weighted by atomic mass is 16.4. The van der Waals surface area contributed by atoms with E-state index in [4.69, 9.17) is 0 Å². The predicted octanol–water partition coefficient (Wildman–Crippen LogP) is 3.82. The average Bonchev–Trinajstić information content (AvgIpc) is 3.04. The largest absolute Gasteiger partial charge is 0.478 e. The van der Waals surface area contributed by atoms with Crippen LogP contribution in [0.2, 0.25) is 0 Å². The van der Waals surface area contributed by atoms with Crippen molar-refractivity contribution in [3.63, 3.8) is 0 Å². The number of aromatic nitrogens is 3. The Hall–Kier alpha value is -2.95. The molecule has 0 fully saturated rings. The highest BCUT2D eigenvalue weighted by Gasteiger charge is 2.11. The van der Waals surface area contributed by atoms with Crippen molar-refractivity contribution in [3.8, 4) is 11.1 Å². The maximum absolute atomic E-state index is 11.4. The Balaban J connectivity index is 1.86. The number of benzene rings is 2. The lowest BCUT2D eigenvalue weighted by molar-refractivity contribution is 0.0697. The molecule has 128 valence electrons. The van der Waals surface area contributed by atoms with Gasteiger partial charge in [-0.25, -0.2) is 14.5 Å². The molecule has 3 aromatic rings. The lowest BCUT2D eigenvalue weighted by atomic mass is 9.99. The smallest absolute Gasteiger partial charge is 0.336 e. The maximum atomic E-state index is 11.4. The number of carbonyl (C=O) groups is 1. The summed E-state index contributed by atoms with van der Waals surface area (Å²) in [6, 6.07) is 15.0. The molecule has 0 saturated heterocycles. The van der Waals surface area contributed by atoms with Crippen LogP contribution in [-0.4, -0.2) is 25.8 Å². The molecule has 0 radical (unpaired) electrons. The molecule has 0 aliphatic carbocycles. The molecule has 0 unspecified atom stereocenters. The van der Waals surface area contributed by atoms with E-state index in [0.29, 0.717) is 12.1 Å². The van der Waals surface area contributed by atoms with E-state index in [2.05, 4.69) is 17.0 Å². The van der Waals surface area contributed by atoms with Crippen LogP contribution in [0.4, 0.5) is 0 Å². The molecule has 0 amide bonds. The van der Waals surface area contributed by atoms with Gasteiger partial charge in [0.05, 0.1) is 12.1 Å². The van der Waals surface area contributed by atoms with Crippen LogP contribution in [0.3, 0.4) is 0 Å². The summed E-state index contributed by atoms with van der Waals surface area (Å²) in [5.74, 6) is 0.933. The molecule has 0 aliphatic heterocycles. The summed E-state index contributed by atoms with van der Waals surface area (Å²) in [5.41, 5.74) is 3.04. The Bertz CT molecular complexity index is 882. The normalized spacial score (nSPS) is 10.8. The van der Waals surface area contributed by atoms with Crippen molar-refractivity contribution < 1.29 is 9.90 Å². The van der Waals surface area contributed by atoms with Crippen molar-refractivity contribution in [2.24, 2.45) is 0 Å². The minimum atomic E-state index is -0.915. The predicted molar refractivity (Wildman–Crippen MR) is 96.7 cm³/mol. The van der Waals surface area contributed by atoms with Crippen LogP contribution in [0.5, 0.6) is 0 Å². The second-order valence-electron chi connectivity index (χ2n) is 5.86. The summed E-state index contributed by atoms with van der Waals surface area (Å²) in [6.07, 6.45) is 1.67. The molecule has 0 saturated carbocycles. The fourth-order valence-corrected chi connectivity index (χ4v) is 2.85. The number of carboxylic acids is 1. The molecule has 1 aromatic heterocycles. The molecule has 1 N–H and O–H groups in total. The summed E-state index contributed by atoms with van der Waals surface area (Å²) in [6.45, 7) is 4.79. The average molecular weight is 335 g/mol. The van der Waals surface area contributed by atoms with E-state index in [0.717, 1.165) is 41.2 Å². The number of nitrogens with zero attached hydrogens (tertiary/aromatic N) is 3. The second kappa shape index (κ2) is 7.30. The van der Waals surface area contributed by atoms with Gasteiger partial charge in [-0.2, -0.15) is 5.10 Å². The number of aromatic carboxylic acids is 1. The minimum Gasteiger partial charge on any atom is -0.478 e. The highest BCUT2D eigenvalue weighted by Crippen LogP contribution is 2.24. The Morgan fingerprint density at radius 1 is 1.04 bits per heavy atom. The van der Waals surface area contributed by atoms with Gasteiger partial charge < -0.3 is 5.11 Å². The molecule has 0 spiro atoms. The zero-order chi connectivity index (χ0) is 17.8. The summed E-state index contributed by atoms with van der Waals surface area (Å²) >= 11 is 0.